The maximum absolute atomic E-state index is 8.87. The van der Waals surface area contributed by atoms with Crippen LogP contribution in [0, 0.1) is 0 Å². The van der Waals surface area contributed by atoms with Crippen molar-refractivity contribution in [3.63, 3.8) is 0 Å². The van der Waals surface area contributed by atoms with Gasteiger partial charge in [0.25, 0.3) is 0 Å². The molecule has 2 rings (SSSR count). The number of hydrogen-bond acceptors (Lipinski definition) is 3. The number of aliphatic hydroxyl groups is 1. The number of rotatable bonds is 2. The number of aliphatic hydroxyl groups excluding tert-OH is 1. The van der Waals surface area contributed by atoms with Crippen LogP contribution in [0.1, 0.15) is 30.0 Å². The molecule has 1 saturated heterocycles. The summed E-state index contributed by atoms with van der Waals surface area (Å²) in [6.45, 7) is 2.24. The number of hydrogen-bond donors (Lipinski definition) is 2. The summed E-state index contributed by atoms with van der Waals surface area (Å²) >= 11 is 0. The molecule has 1 aliphatic heterocycles. The van der Waals surface area contributed by atoms with Crippen LogP contribution < -0.4 is 5.32 Å². The molecule has 2 heterocycles. The number of piperidine rings is 1. The highest BCUT2D eigenvalue weighted by molar-refractivity contribution is 5.18. The van der Waals surface area contributed by atoms with Gasteiger partial charge in [-0.05, 0) is 43.5 Å². The molecule has 2 N–H and O–H groups in total. The number of aromatic nitrogens is 1. The Kier molecular flexibility index (Phi) is 3.11. The molecule has 1 aliphatic rings. The highest BCUT2D eigenvalue weighted by Gasteiger charge is 2.14. The predicted molar refractivity (Wildman–Crippen MR) is 55.0 cm³/mol. The van der Waals surface area contributed by atoms with Crippen molar-refractivity contribution in [2.24, 2.45) is 0 Å². The van der Waals surface area contributed by atoms with Crippen LogP contribution in [0.15, 0.2) is 18.3 Å². The van der Waals surface area contributed by atoms with Gasteiger partial charge in [0, 0.05) is 6.20 Å². The lowest BCUT2D eigenvalue weighted by Crippen LogP contribution is -2.26. The molecule has 3 heteroatoms. The number of nitrogens with one attached hydrogen (secondary N) is 1. The Bertz CT molecular complexity index is 278. The van der Waals surface area contributed by atoms with E-state index in [0.29, 0.717) is 5.92 Å². The first kappa shape index (κ1) is 9.62. The first-order valence-electron chi connectivity index (χ1n) is 5.16. The van der Waals surface area contributed by atoms with Crippen LogP contribution in [0.2, 0.25) is 0 Å². The van der Waals surface area contributed by atoms with Gasteiger partial charge in [-0.3, -0.25) is 4.98 Å². The molecule has 0 radical (unpaired) electrons. The van der Waals surface area contributed by atoms with Crippen molar-refractivity contribution in [3.8, 4) is 0 Å². The molecule has 3 nitrogen and oxygen atoms in total. The molecule has 0 saturated carbocycles. The normalized spacial score (nSPS) is 18.4. The van der Waals surface area contributed by atoms with Crippen LogP contribution in [-0.4, -0.2) is 23.2 Å². The molecule has 14 heavy (non-hydrogen) atoms. The quantitative estimate of drug-likeness (QED) is 0.736. The van der Waals surface area contributed by atoms with Gasteiger partial charge in [-0.1, -0.05) is 6.07 Å². The minimum atomic E-state index is 0.0342. The van der Waals surface area contributed by atoms with Crippen molar-refractivity contribution in [2.75, 3.05) is 13.1 Å². The zero-order valence-corrected chi connectivity index (χ0v) is 8.24. The van der Waals surface area contributed by atoms with Gasteiger partial charge in [-0.2, -0.15) is 0 Å². The smallest absolute Gasteiger partial charge is 0.0852 e. The fourth-order valence-corrected chi connectivity index (χ4v) is 1.93. The van der Waals surface area contributed by atoms with E-state index in [0.717, 1.165) is 18.8 Å². The standard InChI is InChI=1S/C11H16N2O/c14-8-11-2-1-10(7-13-11)9-3-5-12-6-4-9/h1-2,7,9,12,14H,3-6,8H2. The van der Waals surface area contributed by atoms with E-state index >= 15 is 0 Å². The second-order valence-electron chi connectivity index (χ2n) is 3.77. The summed E-state index contributed by atoms with van der Waals surface area (Å²) in [6, 6.07) is 4.01. The van der Waals surface area contributed by atoms with Gasteiger partial charge < -0.3 is 10.4 Å². The zero-order chi connectivity index (χ0) is 9.80. The Balaban J connectivity index is 2.07. The lowest BCUT2D eigenvalue weighted by atomic mass is 9.91. The van der Waals surface area contributed by atoms with E-state index in [4.69, 9.17) is 5.11 Å². The minimum Gasteiger partial charge on any atom is -0.390 e. The average molecular weight is 192 g/mol. The first-order chi connectivity index (χ1) is 6.90. The zero-order valence-electron chi connectivity index (χ0n) is 8.24. The first-order valence-corrected chi connectivity index (χ1v) is 5.16. The summed E-state index contributed by atoms with van der Waals surface area (Å²) in [5.41, 5.74) is 2.06. The molecule has 0 spiro atoms. The van der Waals surface area contributed by atoms with Gasteiger partial charge in [0.15, 0.2) is 0 Å². The fraction of sp³-hybridized carbons (Fsp3) is 0.545. The molecule has 0 atom stereocenters. The largest absolute Gasteiger partial charge is 0.390 e. The van der Waals surface area contributed by atoms with Crippen molar-refractivity contribution in [1.82, 2.24) is 10.3 Å². The van der Waals surface area contributed by atoms with Gasteiger partial charge >= 0.3 is 0 Å². The van der Waals surface area contributed by atoms with Crippen molar-refractivity contribution in [3.05, 3.63) is 29.6 Å². The summed E-state index contributed by atoms with van der Waals surface area (Å²) in [5, 5.41) is 12.2. The molecule has 0 aromatic carbocycles. The van der Waals surface area contributed by atoms with Crippen molar-refractivity contribution < 1.29 is 5.11 Å². The molecular weight excluding hydrogens is 176 g/mol. The third-order valence-electron chi connectivity index (χ3n) is 2.82. The van der Waals surface area contributed by atoms with Crippen molar-refractivity contribution in [2.45, 2.75) is 25.4 Å². The van der Waals surface area contributed by atoms with Crippen molar-refractivity contribution >= 4 is 0 Å². The average Bonchev–Trinajstić information content (AvgIpc) is 2.30. The summed E-state index contributed by atoms with van der Waals surface area (Å²) in [5.74, 6) is 0.650. The molecule has 0 aliphatic carbocycles. The van der Waals surface area contributed by atoms with E-state index in [1.165, 1.54) is 18.4 Å². The second kappa shape index (κ2) is 4.53. The molecule has 0 bridgehead atoms. The maximum atomic E-state index is 8.87. The molecule has 76 valence electrons. The molecule has 0 unspecified atom stereocenters. The summed E-state index contributed by atoms with van der Waals surface area (Å²) in [6.07, 6.45) is 4.29. The van der Waals surface area contributed by atoms with Crippen LogP contribution in [0.4, 0.5) is 0 Å². The number of nitrogens with zero attached hydrogens (tertiary/aromatic N) is 1. The molecule has 0 amide bonds. The Morgan fingerprint density at radius 2 is 2.14 bits per heavy atom. The van der Waals surface area contributed by atoms with E-state index in [2.05, 4.69) is 16.4 Å². The van der Waals surface area contributed by atoms with Gasteiger partial charge in [0.05, 0.1) is 12.3 Å². The minimum absolute atomic E-state index is 0.0342. The highest BCUT2D eigenvalue weighted by atomic mass is 16.3. The van der Waals surface area contributed by atoms with E-state index < -0.39 is 0 Å². The summed E-state index contributed by atoms with van der Waals surface area (Å²) in [4.78, 5) is 4.20. The maximum Gasteiger partial charge on any atom is 0.0852 e. The second-order valence-corrected chi connectivity index (χ2v) is 3.77. The molecular formula is C11H16N2O. The van der Waals surface area contributed by atoms with Gasteiger partial charge in [-0.15, -0.1) is 0 Å². The number of pyridine rings is 1. The Morgan fingerprint density at radius 3 is 2.71 bits per heavy atom. The molecule has 1 aromatic rings. The lowest BCUT2D eigenvalue weighted by molar-refractivity contribution is 0.276. The molecule has 1 aromatic heterocycles. The van der Waals surface area contributed by atoms with E-state index in [9.17, 15) is 0 Å². The Labute approximate surface area is 84.2 Å². The van der Waals surface area contributed by atoms with Gasteiger partial charge in [0.1, 0.15) is 0 Å². The van der Waals surface area contributed by atoms with Crippen molar-refractivity contribution in [1.29, 1.82) is 0 Å². The van der Waals surface area contributed by atoms with E-state index in [-0.39, 0.29) is 6.61 Å². The van der Waals surface area contributed by atoms with Crippen LogP contribution in [-0.2, 0) is 6.61 Å². The van der Waals surface area contributed by atoms with E-state index in [1.807, 2.05) is 12.3 Å². The third kappa shape index (κ3) is 2.11. The van der Waals surface area contributed by atoms with Crippen LogP contribution in [0.3, 0.4) is 0 Å². The predicted octanol–water partition coefficient (Wildman–Crippen LogP) is 1.04. The van der Waals surface area contributed by atoms with Crippen LogP contribution in [0.5, 0.6) is 0 Å². The monoisotopic (exact) mass is 192 g/mol. The van der Waals surface area contributed by atoms with Crippen LogP contribution >= 0.6 is 0 Å². The SMILES string of the molecule is OCc1ccc(C2CCNCC2)cn1. The molecule has 1 fully saturated rings. The fourth-order valence-electron chi connectivity index (χ4n) is 1.93. The Hall–Kier alpha value is -0.930. The summed E-state index contributed by atoms with van der Waals surface area (Å²) in [7, 11) is 0. The lowest BCUT2D eigenvalue weighted by Gasteiger charge is -2.22. The van der Waals surface area contributed by atoms with E-state index in [1.54, 1.807) is 0 Å². The highest BCUT2D eigenvalue weighted by Crippen LogP contribution is 2.24. The Morgan fingerprint density at radius 1 is 1.36 bits per heavy atom. The third-order valence-corrected chi connectivity index (χ3v) is 2.82. The topological polar surface area (TPSA) is 45.1 Å². The van der Waals surface area contributed by atoms with Gasteiger partial charge in [-0.25, -0.2) is 0 Å². The summed E-state index contributed by atoms with van der Waals surface area (Å²) < 4.78 is 0. The van der Waals surface area contributed by atoms with Gasteiger partial charge in [0.2, 0.25) is 0 Å². The van der Waals surface area contributed by atoms with Crippen LogP contribution in [0.25, 0.3) is 0 Å².